The van der Waals surface area contributed by atoms with Gasteiger partial charge in [-0.05, 0) is 13.3 Å². The number of rotatable bonds is 3. The monoisotopic (exact) mass is 218 g/mol. The van der Waals surface area contributed by atoms with E-state index in [4.69, 9.17) is 9.84 Å². The molecule has 0 bridgehead atoms. The zero-order chi connectivity index (χ0) is 11.6. The Hall–Kier alpha value is -0.460. The van der Waals surface area contributed by atoms with Crippen molar-refractivity contribution in [2.45, 2.75) is 43.9 Å². The minimum absolute atomic E-state index is 0.390. The van der Waals surface area contributed by atoms with Crippen molar-refractivity contribution in [1.82, 2.24) is 0 Å². The summed E-state index contributed by atoms with van der Waals surface area (Å²) in [6, 6.07) is 0. The molecular weight excluding hydrogens is 200 g/mol. The Morgan fingerprint density at radius 3 is 2.13 bits per heavy atom. The van der Waals surface area contributed by atoms with Crippen LogP contribution in [0.5, 0.6) is 0 Å². The van der Waals surface area contributed by atoms with Crippen LogP contribution in [0.15, 0.2) is 12.2 Å². The Kier molecular flexibility index (Phi) is 4.24. The fourth-order valence-corrected chi connectivity index (χ4v) is 1.69. The topological polar surface area (TPSA) is 90.2 Å². The van der Waals surface area contributed by atoms with Crippen LogP contribution in [0, 0.1) is 0 Å². The lowest BCUT2D eigenvalue weighted by Gasteiger charge is -2.40. The third-order valence-corrected chi connectivity index (χ3v) is 2.54. The molecule has 0 saturated carbocycles. The lowest BCUT2D eigenvalue weighted by atomic mass is 9.92. The van der Waals surface area contributed by atoms with Crippen LogP contribution in [0.4, 0.5) is 0 Å². The first kappa shape index (κ1) is 12.6. The van der Waals surface area contributed by atoms with Gasteiger partial charge in [0.2, 0.25) is 0 Å². The van der Waals surface area contributed by atoms with Crippen LogP contribution < -0.4 is 0 Å². The molecule has 5 heteroatoms. The van der Waals surface area contributed by atoms with Gasteiger partial charge in [0.1, 0.15) is 24.4 Å². The molecule has 1 aliphatic rings. The predicted molar refractivity (Wildman–Crippen MR) is 53.2 cm³/mol. The maximum Gasteiger partial charge on any atom is 0.111 e. The zero-order valence-electron chi connectivity index (χ0n) is 8.71. The van der Waals surface area contributed by atoms with E-state index >= 15 is 0 Å². The van der Waals surface area contributed by atoms with Crippen molar-refractivity contribution in [2.75, 3.05) is 6.61 Å². The van der Waals surface area contributed by atoms with Crippen LogP contribution in [0.2, 0.25) is 0 Å². The minimum atomic E-state index is -1.29. The van der Waals surface area contributed by atoms with E-state index in [9.17, 15) is 15.3 Å². The predicted octanol–water partition coefficient (Wildman–Crippen LogP) is -1.21. The van der Waals surface area contributed by atoms with E-state index in [1.165, 1.54) is 0 Å². The Morgan fingerprint density at radius 2 is 1.67 bits per heavy atom. The van der Waals surface area contributed by atoms with Gasteiger partial charge >= 0.3 is 0 Å². The molecule has 1 rings (SSSR count). The quantitative estimate of drug-likeness (QED) is 0.446. The molecule has 0 aromatic heterocycles. The summed E-state index contributed by atoms with van der Waals surface area (Å²) in [6.45, 7) is 5.07. The first-order valence-corrected chi connectivity index (χ1v) is 4.92. The van der Waals surface area contributed by atoms with Gasteiger partial charge in [0.25, 0.3) is 0 Å². The molecule has 0 unspecified atom stereocenters. The maximum absolute atomic E-state index is 9.61. The summed E-state index contributed by atoms with van der Waals surface area (Å²) in [5, 5.41) is 37.5. The van der Waals surface area contributed by atoms with E-state index in [0.717, 1.165) is 5.57 Å². The summed E-state index contributed by atoms with van der Waals surface area (Å²) in [5.41, 5.74) is 0.805. The smallest absolute Gasteiger partial charge is 0.111 e. The van der Waals surface area contributed by atoms with Crippen LogP contribution >= 0.6 is 0 Å². The molecule has 1 saturated heterocycles. The van der Waals surface area contributed by atoms with E-state index in [1.807, 2.05) is 0 Å². The molecule has 0 aliphatic carbocycles. The lowest BCUT2D eigenvalue weighted by Crippen LogP contribution is -2.58. The van der Waals surface area contributed by atoms with E-state index in [1.54, 1.807) is 6.92 Å². The average Bonchev–Trinajstić information content (AvgIpc) is 2.18. The molecule has 0 aromatic carbocycles. The number of ether oxygens (including phenoxy) is 1. The molecule has 0 amide bonds. The molecule has 88 valence electrons. The summed E-state index contributed by atoms with van der Waals surface area (Å²) in [5.74, 6) is 0. The maximum atomic E-state index is 9.61. The van der Waals surface area contributed by atoms with Crippen molar-refractivity contribution in [2.24, 2.45) is 0 Å². The standard InChI is InChI=1S/C10H18O5/c1-5(2)3-6-8(12)10(14)9(13)7(4-11)15-6/h6-14H,1,3-4H2,2H3/t6-,7+,8-,9-,10+/m0/s1. The highest BCUT2D eigenvalue weighted by atomic mass is 16.5. The van der Waals surface area contributed by atoms with Gasteiger partial charge < -0.3 is 25.2 Å². The SMILES string of the molecule is C=C(C)C[C@@H]1O[C@H](CO)[C@H](O)[C@H](O)[C@H]1O. The second kappa shape index (κ2) is 5.05. The summed E-state index contributed by atoms with van der Waals surface area (Å²) < 4.78 is 5.27. The first-order valence-electron chi connectivity index (χ1n) is 4.92. The van der Waals surface area contributed by atoms with Crippen molar-refractivity contribution in [1.29, 1.82) is 0 Å². The Morgan fingerprint density at radius 1 is 1.13 bits per heavy atom. The molecule has 5 nitrogen and oxygen atoms in total. The zero-order valence-corrected chi connectivity index (χ0v) is 8.71. The highest BCUT2D eigenvalue weighted by molar-refractivity contribution is 4.99. The van der Waals surface area contributed by atoms with Crippen molar-refractivity contribution < 1.29 is 25.2 Å². The van der Waals surface area contributed by atoms with Gasteiger partial charge in [-0.3, -0.25) is 0 Å². The molecule has 1 fully saturated rings. The minimum Gasteiger partial charge on any atom is -0.394 e. The van der Waals surface area contributed by atoms with Gasteiger partial charge in [-0.1, -0.05) is 5.57 Å². The number of aliphatic hydroxyl groups is 4. The Bertz CT molecular complexity index is 228. The molecule has 15 heavy (non-hydrogen) atoms. The first-order chi connectivity index (χ1) is 6.97. The second-order valence-electron chi connectivity index (χ2n) is 4.03. The second-order valence-corrected chi connectivity index (χ2v) is 4.03. The highest BCUT2D eigenvalue weighted by Gasteiger charge is 2.42. The Balaban J connectivity index is 2.69. The van der Waals surface area contributed by atoms with Gasteiger partial charge in [0.05, 0.1) is 12.7 Å². The third kappa shape index (κ3) is 2.76. The van der Waals surface area contributed by atoms with Gasteiger partial charge in [-0.25, -0.2) is 0 Å². The highest BCUT2D eigenvalue weighted by Crippen LogP contribution is 2.24. The average molecular weight is 218 g/mol. The molecule has 1 aliphatic heterocycles. The van der Waals surface area contributed by atoms with Gasteiger partial charge in [0, 0.05) is 0 Å². The lowest BCUT2D eigenvalue weighted by molar-refractivity contribution is -0.228. The van der Waals surface area contributed by atoms with Crippen molar-refractivity contribution in [3.05, 3.63) is 12.2 Å². The summed E-state index contributed by atoms with van der Waals surface area (Å²) in [6.07, 6.45) is -4.79. The van der Waals surface area contributed by atoms with Crippen LogP contribution in [0.25, 0.3) is 0 Å². The van der Waals surface area contributed by atoms with E-state index in [-0.39, 0.29) is 0 Å². The number of hydrogen-bond acceptors (Lipinski definition) is 5. The van der Waals surface area contributed by atoms with Gasteiger partial charge in [0.15, 0.2) is 0 Å². The van der Waals surface area contributed by atoms with Gasteiger partial charge in [-0.15, -0.1) is 6.58 Å². The third-order valence-electron chi connectivity index (χ3n) is 2.54. The molecule has 0 radical (unpaired) electrons. The molecule has 0 spiro atoms. The van der Waals surface area contributed by atoms with Crippen LogP contribution in [-0.2, 0) is 4.74 Å². The number of hydrogen-bond donors (Lipinski definition) is 4. The summed E-state index contributed by atoms with van der Waals surface area (Å²) in [4.78, 5) is 0. The molecule has 1 heterocycles. The molecule has 0 aromatic rings. The van der Waals surface area contributed by atoms with Crippen LogP contribution in [0.3, 0.4) is 0 Å². The fourth-order valence-electron chi connectivity index (χ4n) is 1.69. The van der Waals surface area contributed by atoms with Crippen LogP contribution in [-0.4, -0.2) is 57.6 Å². The van der Waals surface area contributed by atoms with E-state index in [2.05, 4.69) is 6.58 Å². The fraction of sp³-hybridized carbons (Fsp3) is 0.800. The van der Waals surface area contributed by atoms with Crippen molar-refractivity contribution >= 4 is 0 Å². The molecule has 5 atom stereocenters. The van der Waals surface area contributed by atoms with Crippen molar-refractivity contribution in [3.63, 3.8) is 0 Å². The van der Waals surface area contributed by atoms with E-state index in [0.29, 0.717) is 6.42 Å². The normalized spacial score (nSPS) is 41.5. The molecule has 4 N–H and O–H groups in total. The Labute approximate surface area is 88.6 Å². The van der Waals surface area contributed by atoms with E-state index < -0.39 is 37.1 Å². The van der Waals surface area contributed by atoms with Gasteiger partial charge in [-0.2, -0.15) is 0 Å². The largest absolute Gasteiger partial charge is 0.394 e. The summed E-state index contributed by atoms with van der Waals surface area (Å²) >= 11 is 0. The molecular formula is C10H18O5. The summed E-state index contributed by atoms with van der Waals surface area (Å²) in [7, 11) is 0. The van der Waals surface area contributed by atoms with Crippen LogP contribution in [0.1, 0.15) is 13.3 Å². The number of aliphatic hydroxyl groups excluding tert-OH is 4. The van der Waals surface area contributed by atoms with Crippen molar-refractivity contribution in [3.8, 4) is 0 Å².